The van der Waals surface area contributed by atoms with Crippen molar-refractivity contribution in [3.05, 3.63) is 31.5 Å². The van der Waals surface area contributed by atoms with Crippen LogP contribution in [0.1, 0.15) is 20.3 Å². The van der Waals surface area contributed by atoms with Gasteiger partial charge in [-0.05, 0) is 42.7 Å². The highest BCUT2D eigenvalue weighted by Crippen LogP contribution is 1.97. The molecule has 0 unspecified atom stereocenters. The maximum Gasteiger partial charge on any atom is 0.328 e. The van der Waals surface area contributed by atoms with Crippen LogP contribution in [0.4, 0.5) is 0 Å². The van der Waals surface area contributed by atoms with Crippen molar-refractivity contribution in [1.29, 1.82) is 0 Å². The van der Waals surface area contributed by atoms with Gasteiger partial charge in [0, 0.05) is 25.9 Å². The maximum atomic E-state index is 11.5. The first-order valence-corrected chi connectivity index (χ1v) is 7.11. The van der Waals surface area contributed by atoms with Crippen molar-refractivity contribution in [3.8, 4) is 0 Å². The average molecular weight is 334 g/mol. The lowest BCUT2D eigenvalue weighted by molar-refractivity contribution is 0.0771. The van der Waals surface area contributed by atoms with Gasteiger partial charge in [0.05, 0.1) is 10.6 Å². The van der Waals surface area contributed by atoms with Gasteiger partial charge in [-0.3, -0.25) is 14.3 Å². The summed E-state index contributed by atoms with van der Waals surface area (Å²) in [6.07, 6.45) is 2.70. The van der Waals surface area contributed by atoms with Gasteiger partial charge in [0.15, 0.2) is 0 Å². The lowest BCUT2D eigenvalue weighted by atomic mass is 10.4. The summed E-state index contributed by atoms with van der Waals surface area (Å²) < 4.78 is 7.23. The fourth-order valence-electron chi connectivity index (χ4n) is 1.49. The molecule has 0 saturated carbocycles. The molecule has 0 aliphatic rings. The van der Waals surface area contributed by atoms with Gasteiger partial charge in [-0.1, -0.05) is 0 Å². The van der Waals surface area contributed by atoms with E-state index in [0.29, 0.717) is 17.6 Å². The van der Waals surface area contributed by atoms with E-state index in [0.717, 1.165) is 19.6 Å². The fourth-order valence-corrected chi connectivity index (χ4v) is 1.84. The second-order valence-electron chi connectivity index (χ2n) is 4.45. The van der Waals surface area contributed by atoms with E-state index in [1.807, 2.05) is 13.8 Å². The Balaban J connectivity index is 2.25. The van der Waals surface area contributed by atoms with Crippen molar-refractivity contribution in [3.63, 3.8) is 0 Å². The molecule has 0 radical (unpaired) electrons. The van der Waals surface area contributed by atoms with Crippen LogP contribution in [0.25, 0.3) is 0 Å². The number of rotatable bonds is 8. The number of aromatic amines is 1. The van der Waals surface area contributed by atoms with Crippen molar-refractivity contribution >= 4 is 15.9 Å². The molecule has 19 heavy (non-hydrogen) atoms. The normalized spacial score (nSPS) is 11.2. The molecular formula is C12H20BrN3O3. The second-order valence-corrected chi connectivity index (χ2v) is 5.31. The van der Waals surface area contributed by atoms with Crippen molar-refractivity contribution in [2.75, 3.05) is 19.7 Å². The first-order chi connectivity index (χ1) is 9.00. The summed E-state index contributed by atoms with van der Waals surface area (Å²) >= 11 is 3.10. The van der Waals surface area contributed by atoms with Gasteiger partial charge in [0.25, 0.3) is 5.56 Å². The molecule has 6 nitrogen and oxygen atoms in total. The Bertz CT molecular complexity index is 496. The van der Waals surface area contributed by atoms with Crippen molar-refractivity contribution in [1.82, 2.24) is 14.9 Å². The summed E-state index contributed by atoms with van der Waals surface area (Å²) in [5.41, 5.74) is -0.793. The van der Waals surface area contributed by atoms with Gasteiger partial charge in [0.2, 0.25) is 0 Å². The summed E-state index contributed by atoms with van der Waals surface area (Å²) in [5, 5.41) is 3.22. The molecule has 7 heteroatoms. The van der Waals surface area contributed by atoms with E-state index in [4.69, 9.17) is 4.74 Å². The Morgan fingerprint density at radius 1 is 1.42 bits per heavy atom. The number of H-pyrrole nitrogens is 1. The molecule has 1 aromatic rings. The maximum absolute atomic E-state index is 11.5. The number of nitrogens with zero attached hydrogens (tertiary/aromatic N) is 1. The zero-order chi connectivity index (χ0) is 14.3. The third-order valence-corrected chi connectivity index (χ3v) is 3.01. The zero-order valence-electron chi connectivity index (χ0n) is 11.2. The summed E-state index contributed by atoms with van der Waals surface area (Å²) in [4.78, 5) is 24.9. The minimum absolute atomic E-state index is 0.261. The number of aromatic nitrogens is 2. The largest absolute Gasteiger partial charge is 0.379 e. The number of hydrogen-bond acceptors (Lipinski definition) is 4. The molecule has 0 saturated heterocycles. The fraction of sp³-hybridized carbons (Fsp3) is 0.667. The van der Waals surface area contributed by atoms with E-state index in [-0.39, 0.29) is 6.10 Å². The van der Waals surface area contributed by atoms with E-state index in [1.54, 1.807) is 0 Å². The molecule has 0 bridgehead atoms. The minimum Gasteiger partial charge on any atom is -0.379 e. The summed E-state index contributed by atoms with van der Waals surface area (Å²) in [6.45, 7) is 6.77. The molecule has 0 aliphatic heterocycles. The van der Waals surface area contributed by atoms with Crippen LogP contribution in [-0.4, -0.2) is 35.4 Å². The molecule has 0 atom stereocenters. The quantitative estimate of drug-likeness (QED) is 0.687. The van der Waals surface area contributed by atoms with Crippen LogP contribution >= 0.6 is 15.9 Å². The minimum atomic E-state index is -0.403. The third kappa shape index (κ3) is 6.17. The number of ether oxygens (including phenoxy) is 1. The monoisotopic (exact) mass is 333 g/mol. The predicted molar refractivity (Wildman–Crippen MR) is 77.6 cm³/mol. The molecule has 0 aliphatic carbocycles. The molecule has 1 heterocycles. The topological polar surface area (TPSA) is 76.1 Å². The van der Waals surface area contributed by atoms with Crippen LogP contribution in [-0.2, 0) is 11.3 Å². The first-order valence-electron chi connectivity index (χ1n) is 6.32. The van der Waals surface area contributed by atoms with Gasteiger partial charge < -0.3 is 10.1 Å². The summed E-state index contributed by atoms with van der Waals surface area (Å²) in [5.74, 6) is 0. The van der Waals surface area contributed by atoms with Crippen molar-refractivity contribution in [2.45, 2.75) is 32.9 Å². The Morgan fingerprint density at radius 2 is 2.16 bits per heavy atom. The van der Waals surface area contributed by atoms with E-state index in [1.165, 1.54) is 10.8 Å². The van der Waals surface area contributed by atoms with Crippen LogP contribution in [0.15, 0.2) is 20.3 Å². The van der Waals surface area contributed by atoms with Crippen molar-refractivity contribution in [2.24, 2.45) is 0 Å². The van der Waals surface area contributed by atoms with Crippen LogP contribution < -0.4 is 16.6 Å². The van der Waals surface area contributed by atoms with E-state index in [9.17, 15) is 9.59 Å². The molecule has 1 rings (SSSR count). The highest BCUT2D eigenvalue weighted by Gasteiger charge is 2.01. The highest BCUT2D eigenvalue weighted by atomic mass is 79.9. The van der Waals surface area contributed by atoms with E-state index >= 15 is 0 Å². The molecule has 0 spiro atoms. The van der Waals surface area contributed by atoms with Crippen LogP contribution in [0.2, 0.25) is 0 Å². The van der Waals surface area contributed by atoms with Crippen LogP contribution in [0.5, 0.6) is 0 Å². The predicted octanol–water partition coefficient (Wildman–Crippen LogP) is 0.704. The number of hydrogen-bond donors (Lipinski definition) is 2. The number of nitrogens with one attached hydrogen (secondary N) is 2. The Labute approximate surface area is 120 Å². The Morgan fingerprint density at radius 3 is 2.84 bits per heavy atom. The van der Waals surface area contributed by atoms with Crippen LogP contribution in [0.3, 0.4) is 0 Å². The van der Waals surface area contributed by atoms with Gasteiger partial charge in [0.1, 0.15) is 0 Å². The van der Waals surface area contributed by atoms with E-state index in [2.05, 4.69) is 26.2 Å². The van der Waals surface area contributed by atoms with Gasteiger partial charge in [-0.15, -0.1) is 0 Å². The highest BCUT2D eigenvalue weighted by molar-refractivity contribution is 9.10. The lowest BCUT2D eigenvalue weighted by Gasteiger charge is -2.09. The van der Waals surface area contributed by atoms with E-state index < -0.39 is 11.2 Å². The first kappa shape index (κ1) is 16.1. The SMILES string of the molecule is CC(C)OCCCNCCn1cc(Br)c(=O)[nH]c1=O. The Hall–Kier alpha value is -0.920. The molecule has 1 aromatic heterocycles. The number of halogens is 1. The van der Waals surface area contributed by atoms with Crippen molar-refractivity contribution < 1.29 is 4.74 Å². The molecular weight excluding hydrogens is 314 g/mol. The van der Waals surface area contributed by atoms with Gasteiger partial charge in [-0.2, -0.15) is 0 Å². The average Bonchev–Trinajstić information content (AvgIpc) is 2.33. The Kier molecular flexibility index (Phi) is 7.04. The third-order valence-electron chi connectivity index (χ3n) is 2.45. The molecule has 0 fully saturated rings. The smallest absolute Gasteiger partial charge is 0.328 e. The van der Waals surface area contributed by atoms with Gasteiger partial charge in [-0.25, -0.2) is 4.79 Å². The zero-order valence-corrected chi connectivity index (χ0v) is 12.8. The standard InChI is InChI=1S/C12H20BrN3O3/c1-9(2)19-7-3-4-14-5-6-16-8-10(13)11(17)15-12(16)18/h8-9,14H,3-7H2,1-2H3,(H,15,17,18). The summed E-state index contributed by atoms with van der Waals surface area (Å²) in [6, 6.07) is 0. The van der Waals surface area contributed by atoms with Crippen LogP contribution in [0, 0.1) is 0 Å². The molecule has 0 aromatic carbocycles. The second kappa shape index (κ2) is 8.29. The summed E-state index contributed by atoms with van der Waals surface area (Å²) in [7, 11) is 0. The molecule has 2 N–H and O–H groups in total. The van der Waals surface area contributed by atoms with Gasteiger partial charge >= 0.3 is 5.69 Å². The molecule has 108 valence electrons. The lowest BCUT2D eigenvalue weighted by Crippen LogP contribution is -2.33. The molecule has 0 amide bonds.